The number of amides is 2. The number of nitrogens with zero attached hydrogens (tertiary/aromatic N) is 4. The van der Waals surface area contributed by atoms with Gasteiger partial charge in [-0.05, 0) is 47.9 Å². The van der Waals surface area contributed by atoms with Crippen molar-refractivity contribution in [2.45, 2.75) is 19.0 Å². The second-order valence-electron chi connectivity index (χ2n) is 7.40. The first kappa shape index (κ1) is 19.5. The van der Waals surface area contributed by atoms with E-state index in [0.29, 0.717) is 18.0 Å². The predicted molar refractivity (Wildman–Crippen MR) is 118 cm³/mol. The summed E-state index contributed by atoms with van der Waals surface area (Å²) in [7, 11) is 0. The summed E-state index contributed by atoms with van der Waals surface area (Å²) in [6, 6.07) is 12.6. The van der Waals surface area contributed by atoms with E-state index in [0.717, 1.165) is 39.0 Å². The van der Waals surface area contributed by atoms with E-state index >= 15 is 0 Å². The highest BCUT2D eigenvalue weighted by Gasteiger charge is 2.30. The van der Waals surface area contributed by atoms with E-state index in [-0.39, 0.29) is 18.7 Å². The Morgan fingerprint density at radius 3 is 2.87 bits per heavy atom. The summed E-state index contributed by atoms with van der Waals surface area (Å²) in [6.07, 6.45) is 3.70. The first-order valence-corrected chi connectivity index (χ1v) is 10.2. The minimum Gasteiger partial charge on any atom is -0.396 e. The van der Waals surface area contributed by atoms with Gasteiger partial charge in [-0.2, -0.15) is 15.3 Å². The van der Waals surface area contributed by atoms with Crippen LogP contribution < -0.4 is 5.32 Å². The molecule has 31 heavy (non-hydrogen) atoms. The molecule has 0 saturated heterocycles. The van der Waals surface area contributed by atoms with Crippen LogP contribution in [0, 0.1) is 0 Å². The molecule has 8 nitrogen and oxygen atoms in total. The van der Waals surface area contributed by atoms with Crippen molar-refractivity contribution in [1.29, 1.82) is 0 Å². The Hall–Kier alpha value is -3.49. The second kappa shape index (κ2) is 7.98. The van der Waals surface area contributed by atoms with Crippen LogP contribution in [0.1, 0.15) is 23.6 Å². The number of benzene rings is 2. The summed E-state index contributed by atoms with van der Waals surface area (Å²) >= 11 is 6.17. The third kappa shape index (κ3) is 3.60. The molecule has 1 aliphatic rings. The van der Waals surface area contributed by atoms with E-state index in [1.165, 1.54) is 0 Å². The summed E-state index contributed by atoms with van der Waals surface area (Å²) in [5, 5.41) is 29.4. The number of aromatic amines is 1. The third-order valence-electron chi connectivity index (χ3n) is 5.50. The molecule has 0 unspecified atom stereocenters. The van der Waals surface area contributed by atoms with E-state index in [1.54, 1.807) is 23.4 Å². The molecule has 0 saturated carbocycles. The molecule has 156 valence electrons. The largest absolute Gasteiger partial charge is 0.396 e. The Labute approximate surface area is 182 Å². The maximum absolute atomic E-state index is 13.0. The van der Waals surface area contributed by atoms with Gasteiger partial charge < -0.3 is 15.3 Å². The Bertz CT molecular complexity index is 1260. The van der Waals surface area contributed by atoms with Crippen LogP contribution in [-0.4, -0.2) is 43.0 Å². The number of anilines is 1. The molecule has 0 radical (unpaired) electrons. The van der Waals surface area contributed by atoms with Crippen LogP contribution in [0.25, 0.3) is 22.2 Å². The molecular weight excluding hydrogens is 416 g/mol. The lowest BCUT2D eigenvalue weighted by Gasteiger charge is -2.36. The van der Waals surface area contributed by atoms with Crippen molar-refractivity contribution in [1.82, 2.24) is 25.3 Å². The van der Waals surface area contributed by atoms with E-state index in [2.05, 4.69) is 25.7 Å². The first-order chi connectivity index (χ1) is 15.1. The fourth-order valence-corrected chi connectivity index (χ4v) is 4.24. The highest BCUT2D eigenvalue weighted by atomic mass is 35.5. The van der Waals surface area contributed by atoms with Crippen molar-refractivity contribution >= 4 is 34.2 Å². The van der Waals surface area contributed by atoms with Crippen molar-refractivity contribution in [3.05, 3.63) is 71.0 Å². The average molecular weight is 435 g/mol. The van der Waals surface area contributed by atoms with Crippen molar-refractivity contribution in [2.75, 3.05) is 11.9 Å². The van der Waals surface area contributed by atoms with Crippen LogP contribution in [0.3, 0.4) is 0 Å². The Balaban J connectivity index is 1.55. The second-order valence-corrected chi connectivity index (χ2v) is 7.84. The average Bonchev–Trinajstić information content (AvgIpc) is 3.19. The number of rotatable bonds is 5. The molecule has 3 heterocycles. The van der Waals surface area contributed by atoms with Crippen LogP contribution in [0.5, 0.6) is 0 Å². The normalized spacial score (nSPS) is 14.4. The topological polar surface area (TPSA) is 107 Å². The quantitative estimate of drug-likeness (QED) is 0.437. The summed E-state index contributed by atoms with van der Waals surface area (Å²) in [5.41, 5.74) is 5.04. The van der Waals surface area contributed by atoms with E-state index < -0.39 is 0 Å². The van der Waals surface area contributed by atoms with Gasteiger partial charge in [0.2, 0.25) is 0 Å². The summed E-state index contributed by atoms with van der Waals surface area (Å²) in [6.45, 7) is 0.348. The number of aliphatic hydroxyl groups excluding tert-OH is 1. The monoisotopic (exact) mass is 434 g/mol. The number of H-pyrrole nitrogens is 1. The zero-order valence-corrected chi connectivity index (χ0v) is 17.2. The fraction of sp³-hybridized carbons (Fsp3) is 0.182. The van der Waals surface area contributed by atoms with Crippen LogP contribution in [-0.2, 0) is 6.54 Å². The van der Waals surface area contributed by atoms with E-state index in [9.17, 15) is 9.90 Å². The molecule has 1 atom stereocenters. The van der Waals surface area contributed by atoms with Crippen LogP contribution in [0.2, 0.25) is 5.02 Å². The van der Waals surface area contributed by atoms with Crippen LogP contribution >= 0.6 is 11.6 Å². The van der Waals surface area contributed by atoms with Gasteiger partial charge in [0.25, 0.3) is 0 Å². The zero-order chi connectivity index (χ0) is 21.4. The SMILES string of the molecule is O=C1Nc2cc3[nH]nc(-c4ccnnc4)c3cc2CN1[C@H](CCO)c1cccc(Cl)c1. The number of hydrogen-bond acceptors (Lipinski definition) is 5. The van der Waals surface area contributed by atoms with Gasteiger partial charge in [-0.25, -0.2) is 4.79 Å². The van der Waals surface area contributed by atoms with Gasteiger partial charge in [0.1, 0.15) is 5.69 Å². The van der Waals surface area contributed by atoms with Gasteiger partial charge in [-0.1, -0.05) is 23.7 Å². The third-order valence-corrected chi connectivity index (χ3v) is 5.73. The number of nitrogens with one attached hydrogen (secondary N) is 2. The standard InChI is InChI=1S/C22H19ClN6O2/c23-16-3-1-2-13(8-16)20(5-7-30)29-12-15-9-17-19(10-18(15)26-22(29)31)27-28-21(17)14-4-6-24-25-11-14/h1-4,6,8-11,20,30H,5,7,12H2,(H,26,31)(H,27,28)/t20-/m1/s1. The van der Waals surface area contributed by atoms with Gasteiger partial charge in [-0.15, -0.1) is 0 Å². The highest BCUT2D eigenvalue weighted by Crippen LogP contribution is 2.36. The maximum Gasteiger partial charge on any atom is 0.322 e. The number of aliphatic hydroxyl groups is 1. The maximum atomic E-state index is 13.0. The van der Waals surface area contributed by atoms with Crippen molar-refractivity contribution in [3.63, 3.8) is 0 Å². The molecule has 3 N–H and O–H groups in total. The van der Waals surface area contributed by atoms with Crippen molar-refractivity contribution in [2.24, 2.45) is 0 Å². The predicted octanol–water partition coefficient (Wildman–Crippen LogP) is 4.14. The van der Waals surface area contributed by atoms with Gasteiger partial charge in [0.15, 0.2) is 0 Å². The molecular formula is C22H19ClN6O2. The lowest BCUT2D eigenvalue weighted by Crippen LogP contribution is -2.41. The number of halogens is 1. The van der Waals surface area contributed by atoms with Gasteiger partial charge in [-0.3, -0.25) is 5.10 Å². The minimum absolute atomic E-state index is 0.0478. The molecule has 9 heteroatoms. The number of aromatic nitrogens is 4. The van der Waals surface area contributed by atoms with E-state index in [4.69, 9.17) is 11.6 Å². The molecule has 2 amide bonds. The molecule has 0 spiro atoms. The smallest absolute Gasteiger partial charge is 0.322 e. The molecule has 2 aromatic heterocycles. The molecule has 5 rings (SSSR count). The molecule has 1 aliphatic heterocycles. The first-order valence-electron chi connectivity index (χ1n) is 9.86. The van der Waals surface area contributed by atoms with Gasteiger partial charge in [0.05, 0.1) is 30.5 Å². The lowest BCUT2D eigenvalue weighted by molar-refractivity contribution is 0.160. The Morgan fingerprint density at radius 2 is 2.10 bits per heavy atom. The number of urea groups is 1. The number of fused-ring (bicyclic) bond motifs is 2. The summed E-state index contributed by atoms with van der Waals surface area (Å²) in [4.78, 5) is 14.7. The molecule has 0 fully saturated rings. The lowest BCUT2D eigenvalue weighted by atomic mass is 9.99. The molecule has 4 aromatic rings. The fourth-order valence-electron chi connectivity index (χ4n) is 4.04. The van der Waals surface area contributed by atoms with Crippen LogP contribution in [0.15, 0.2) is 54.9 Å². The zero-order valence-electron chi connectivity index (χ0n) is 16.4. The highest BCUT2D eigenvalue weighted by molar-refractivity contribution is 6.30. The number of hydrogen-bond donors (Lipinski definition) is 3. The van der Waals surface area contributed by atoms with Gasteiger partial charge >= 0.3 is 6.03 Å². The number of carbonyl (C=O) groups excluding carboxylic acids is 1. The van der Waals surface area contributed by atoms with Crippen molar-refractivity contribution in [3.8, 4) is 11.3 Å². The molecule has 2 aromatic carbocycles. The summed E-state index contributed by atoms with van der Waals surface area (Å²) < 4.78 is 0. The van der Waals surface area contributed by atoms with E-state index in [1.807, 2.05) is 36.4 Å². The number of carbonyl (C=O) groups is 1. The van der Waals surface area contributed by atoms with Crippen LogP contribution in [0.4, 0.5) is 10.5 Å². The van der Waals surface area contributed by atoms with Crippen molar-refractivity contribution < 1.29 is 9.90 Å². The Kier molecular flexibility index (Phi) is 5.01. The Morgan fingerprint density at radius 1 is 1.19 bits per heavy atom. The molecule has 0 bridgehead atoms. The van der Waals surface area contributed by atoms with Gasteiger partial charge in [0, 0.05) is 28.3 Å². The minimum atomic E-state index is -0.305. The molecule has 0 aliphatic carbocycles. The summed E-state index contributed by atoms with van der Waals surface area (Å²) in [5.74, 6) is 0.